The Bertz CT molecular complexity index is 260. The third kappa shape index (κ3) is 3.74. The molecule has 0 amide bonds. The maximum absolute atomic E-state index is 5.49. The Labute approximate surface area is 89.7 Å². The van der Waals surface area contributed by atoms with Crippen molar-refractivity contribution < 1.29 is 0 Å². The van der Waals surface area contributed by atoms with Crippen LogP contribution < -0.4 is 11.1 Å². The molecule has 4 heteroatoms. The van der Waals surface area contributed by atoms with Crippen molar-refractivity contribution in [3.63, 3.8) is 0 Å². The molecule has 0 fully saturated rings. The fourth-order valence-electron chi connectivity index (χ4n) is 1.11. The Morgan fingerprint density at radius 2 is 2.43 bits per heavy atom. The highest BCUT2D eigenvalue weighted by Crippen LogP contribution is 2.08. The van der Waals surface area contributed by atoms with Gasteiger partial charge in [-0.1, -0.05) is 20.3 Å². The van der Waals surface area contributed by atoms with Crippen LogP contribution in [0.1, 0.15) is 31.0 Å². The lowest BCUT2D eigenvalue weighted by molar-refractivity contribution is 0.497. The second-order valence-corrected chi connectivity index (χ2v) is 4.52. The minimum Gasteiger partial charge on any atom is -0.325 e. The molecule has 0 bridgehead atoms. The predicted molar refractivity (Wildman–Crippen MR) is 61.2 cm³/mol. The molecular weight excluding hydrogens is 194 g/mol. The van der Waals surface area contributed by atoms with Crippen molar-refractivity contribution in [1.29, 1.82) is 0 Å². The SMILES string of the molecule is CCC(C)CNCc1csc(CN)n1. The summed E-state index contributed by atoms with van der Waals surface area (Å²) in [6.45, 7) is 6.93. The molecule has 80 valence electrons. The lowest BCUT2D eigenvalue weighted by Crippen LogP contribution is -2.20. The summed E-state index contributed by atoms with van der Waals surface area (Å²) in [6.07, 6.45) is 1.22. The fourth-order valence-corrected chi connectivity index (χ4v) is 1.79. The first kappa shape index (κ1) is 11.6. The number of thiazole rings is 1. The van der Waals surface area contributed by atoms with E-state index in [0.717, 1.165) is 29.7 Å². The normalized spacial score (nSPS) is 13.1. The molecule has 1 unspecified atom stereocenters. The van der Waals surface area contributed by atoms with Crippen molar-refractivity contribution in [1.82, 2.24) is 10.3 Å². The van der Waals surface area contributed by atoms with E-state index in [2.05, 4.69) is 29.5 Å². The number of nitrogens with two attached hydrogens (primary N) is 1. The molecule has 0 aliphatic heterocycles. The summed E-state index contributed by atoms with van der Waals surface area (Å²) in [5, 5.41) is 6.49. The third-order valence-corrected chi connectivity index (χ3v) is 3.19. The Kier molecular flexibility index (Phi) is 5.07. The molecule has 0 radical (unpaired) electrons. The fraction of sp³-hybridized carbons (Fsp3) is 0.700. The van der Waals surface area contributed by atoms with Crippen LogP contribution in [0.25, 0.3) is 0 Å². The monoisotopic (exact) mass is 213 g/mol. The van der Waals surface area contributed by atoms with Crippen molar-refractivity contribution in [2.75, 3.05) is 6.54 Å². The molecule has 0 aliphatic carbocycles. The molecule has 3 nitrogen and oxygen atoms in total. The summed E-state index contributed by atoms with van der Waals surface area (Å²) in [5.74, 6) is 0.739. The molecule has 3 N–H and O–H groups in total. The minimum absolute atomic E-state index is 0.552. The standard InChI is InChI=1S/C10H19N3S/c1-3-8(2)5-12-6-9-7-14-10(4-11)13-9/h7-8,12H,3-6,11H2,1-2H3. The van der Waals surface area contributed by atoms with Crippen molar-refractivity contribution in [2.24, 2.45) is 11.7 Å². The zero-order chi connectivity index (χ0) is 10.4. The lowest BCUT2D eigenvalue weighted by atomic mass is 10.1. The summed E-state index contributed by atoms with van der Waals surface area (Å²) in [4.78, 5) is 4.38. The summed E-state index contributed by atoms with van der Waals surface area (Å²) in [6, 6.07) is 0. The smallest absolute Gasteiger partial charge is 0.106 e. The van der Waals surface area contributed by atoms with Crippen LogP contribution in [-0.4, -0.2) is 11.5 Å². The Hall–Kier alpha value is -0.450. The van der Waals surface area contributed by atoms with Crippen LogP contribution in [0.2, 0.25) is 0 Å². The molecule has 1 atom stereocenters. The number of nitrogens with one attached hydrogen (secondary N) is 1. The van der Waals surface area contributed by atoms with E-state index in [4.69, 9.17) is 5.73 Å². The van der Waals surface area contributed by atoms with Gasteiger partial charge in [-0.2, -0.15) is 0 Å². The van der Waals surface area contributed by atoms with Crippen molar-refractivity contribution >= 4 is 11.3 Å². The quantitative estimate of drug-likeness (QED) is 0.757. The molecule has 1 aromatic rings. The second kappa shape index (κ2) is 6.11. The Balaban J connectivity index is 2.24. The van der Waals surface area contributed by atoms with Crippen LogP contribution in [-0.2, 0) is 13.1 Å². The maximum atomic E-state index is 5.49. The molecule has 0 saturated carbocycles. The molecule has 0 spiro atoms. The van der Waals surface area contributed by atoms with Crippen LogP contribution in [0.3, 0.4) is 0 Å². The van der Waals surface area contributed by atoms with E-state index >= 15 is 0 Å². The summed E-state index contributed by atoms with van der Waals surface area (Å²) in [7, 11) is 0. The Morgan fingerprint density at radius 3 is 3.00 bits per heavy atom. The van der Waals surface area contributed by atoms with Gasteiger partial charge in [0.15, 0.2) is 0 Å². The van der Waals surface area contributed by atoms with E-state index < -0.39 is 0 Å². The van der Waals surface area contributed by atoms with E-state index in [1.54, 1.807) is 11.3 Å². The molecule has 1 heterocycles. The highest BCUT2D eigenvalue weighted by Gasteiger charge is 2.01. The number of hydrogen-bond donors (Lipinski definition) is 2. The number of aromatic nitrogens is 1. The minimum atomic E-state index is 0.552. The summed E-state index contributed by atoms with van der Waals surface area (Å²) >= 11 is 1.64. The molecule has 0 aliphatic rings. The van der Waals surface area contributed by atoms with Gasteiger partial charge in [0.25, 0.3) is 0 Å². The second-order valence-electron chi connectivity index (χ2n) is 3.58. The van der Waals surface area contributed by atoms with Gasteiger partial charge in [-0.15, -0.1) is 11.3 Å². The zero-order valence-electron chi connectivity index (χ0n) is 8.92. The number of rotatable bonds is 6. The average molecular weight is 213 g/mol. The van der Waals surface area contributed by atoms with Crippen LogP contribution in [0.5, 0.6) is 0 Å². The van der Waals surface area contributed by atoms with Gasteiger partial charge in [0, 0.05) is 18.5 Å². The van der Waals surface area contributed by atoms with Crippen molar-refractivity contribution in [2.45, 2.75) is 33.4 Å². The van der Waals surface area contributed by atoms with Gasteiger partial charge in [-0.05, 0) is 12.5 Å². The van der Waals surface area contributed by atoms with Crippen molar-refractivity contribution in [3.8, 4) is 0 Å². The molecule has 1 aromatic heterocycles. The average Bonchev–Trinajstić information content (AvgIpc) is 2.65. The largest absolute Gasteiger partial charge is 0.325 e. The lowest BCUT2D eigenvalue weighted by Gasteiger charge is -2.08. The van der Waals surface area contributed by atoms with Crippen LogP contribution in [0.4, 0.5) is 0 Å². The zero-order valence-corrected chi connectivity index (χ0v) is 9.73. The van der Waals surface area contributed by atoms with Crippen LogP contribution in [0.15, 0.2) is 5.38 Å². The van der Waals surface area contributed by atoms with Gasteiger partial charge in [0.05, 0.1) is 5.69 Å². The van der Waals surface area contributed by atoms with E-state index in [0.29, 0.717) is 6.54 Å². The van der Waals surface area contributed by atoms with Gasteiger partial charge in [0.2, 0.25) is 0 Å². The van der Waals surface area contributed by atoms with E-state index in [-0.39, 0.29) is 0 Å². The molecule has 0 aromatic carbocycles. The Morgan fingerprint density at radius 1 is 1.64 bits per heavy atom. The topological polar surface area (TPSA) is 50.9 Å². The first-order chi connectivity index (χ1) is 6.76. The first-order valence-electron chi connectivity index (χ1n) is 5.10. The summed E-state index contributed by atoms with van der Waals surface area (Å²) in [5.41, 5.74) is 6.60. The van der Waals surface area contributed by atoms with Gasteiger partial charge in [-0.3, -0.25) is 0 Å². The van der Waals surface area contributed by atoms with E-state index in [1.165, 1.54) is 6.42 Å². The van der Waals surface area contributed by atoms with Gasteiger partial charge < -0.3 is 11.1 Å². The van der Waals surface area contributed by atoms with Gasteiger partial charge in [-0.25, -0.2) is 4.98 Å². The molecule has 0 saturated heterocycles. The summed E-state index contributed by atoms with van der Waals surface area (Å²) < 4.78 is 0. The van der Waals surface area contributed by atoms with Crippen LogP contribution >= 0.6 is 11.3 Å². The molecule has 1 rings (SSSR count). The van der Waals surface area contributed by atoms with E-state index in [1.807, 2.05) is 0 Å². The molecule has 14 heavy (non-hydrogen) atoms. The van der Waals surface area contributed by atoms with Crippen LogP contribution in [0, 0.1) is 5.92 Å². The molecular formula is C10H19N3S. The number of hydrogen-bond acceptors (Lipinski definition) is 4. The first-order valence-corrected chi connectivity index (χ1v) is 5.98. The highest BCUT2D eigenvalue weighted by atomic mass is 32.1. The highest BCUT2D eigenvalue weighted by molar-refractivity contribution is 7.09. The third-order valence-electron chi connectivity index (χ3n) is 2.27. The van der Waals surface area contributed by atoms with E-state index in [9.17, 15) is 0 Å². The predicted octanol–water partition coefficient (Wildman–Crippen LogP) is 1.74. The van der Waals surface area contributed by atoms with Gasteiger partial charge in [0.1, 0.15) is 5.01 Å². The maximum Gasteiger partial charge on any atom is 0.106 e. The number of nitrogens with zero attached hydrogens (tertiary/aromatic N) is 1. The van der Waals surface area contributed by atoms with Crippen molar-refractivity contribution in [3.05, 3.63) is 16.1 Å². The van der Waals surface area contributed by atoms with Gasteiger partial charge >= 0.3 is 0 Å².